The minimum absolute atomic E-state index is 0.0187. The Morgan fingerprint density at radius 3 is 2.32 bits per heavy atom. The molecule has 1 aliphatic rings. The van der Waals surface area contributed by atoms with Gasteiger partial charge in [0, 0.05) is 11.6 Å². The molecule has 7 heteroatoms. The number of amides is 1. The van der Waals surface area contributed by atoms with Crippen molar-refractivity contribution in [1.29, 1.82) is 0 Å². The molecule has 0 saturated heterocycles. The van der Waals surface area contributed by atoms with Crippen LogP contribution in [0, 0.1) is 5.92 Å². The first-order valence-corrected chi connectivity index (χ1v) is 5.89. The molecule has 0 spiro atoms. The normalized spacial score (nSPS) is 14.8. The van der Waals surface area contributed by atoms with Crippen LogP contribution in [0.1, 0.15) is 12.8 Å². The average Bonchev–Trinajstić information content (AvgIpc) is 3.14. The van der Waals surface area contributed by atoms with Crippen molar-refractivity contribution in [2.75, 3.05) is 5.32 Å². The summed E-state index contributed by atoms with van der Waals surface area (Å²) in [5.74, 6) is 0.0795. The first-order chi connectivity index (χ1) is 9.04. The van der Waals surface area contributed by atoms with Gasteiger partial charge in [0.25, 0.3) is 0 Å². The van der Waals surface area contributed by atoms with Crippen LogP contribution in [0.4, 0.5) is 11.4 Å². The SMILES string of the molecule is NC(N)=NC(N)=Nc1ccc(NC(=O)C2CC2)cc1. The molecule has 1 aromatic carbocycles. The number of rotatable bonds is 3. The molecule has 2 rings (SSSR count). The molecule has 1 saturated carbocycles. The highest BCUT2D eigenvalue weighted by Gasteiger charge is 2.29. The minimum Gasteiger partial charge on any atom is -0.370 e. The fourth-order valence-electron chi connectivity index (χ4n) is 1.50. The van der Waals surface area contributed by atoms with Gasteiger partial charge in [0.2, 0.25) is 11.9 Å². The molecule has 0 bridgehead atoms. The lowest BCUT2D eigenvalue weighted by molar-refractivity contribution is -0.117. The van der Waals surface area contributed by atoms with Gasteiger partial charge < -0.3 is 22.5 Å². The van der Waals surface area contributed by atoms with Crippen LogP contribution in [-0.4, -0.2) is 17.8 Å². The predicted molar refractivity (Wildman–Crippen MR) is 74.9 cm³/mol. The van der Waals surface area contributed by atoms with Gasteiger partial charge in [-0.25, -0.2) is 4.99 Å². The van der Waals surface area contributed by atoms with Gasteiger partial charge in [0.05, 0.1) is 5.69 Å². The van der Waals surface area contributed by atoms with Crippen molar-refractivity contribution in [2.45, 2.75) is 12.8 Å². The number of nitrogens with two attached hydrogens (primary N) is 3. The number of benzene rings is 1. The molecule has 7 N–H and O–H groups in total. The van der Waals surface area contributed by atoms with Gasteiger partial charge in [-0.1, -0.05) is 0 Å². The Hall–Kier alpha value is -2.57. The van der Waals surface area contributed by atoms with Crippen LogP contribution < -0.4 is 22.5 Å². The molecule has 0 heterocycles. The molecule has 1 aliphatic carbocycles. The second kappa shape index (κ2) is 5.38. The van der Waals surface area contributed by atoms with Gasteiger partial charge >= 0.3 is 0 Å². The molecular weight excluding hydrogens is 244 g/mol. The van der Waals surface area contributed by atoms with Crippen LogP contribution in [0.2, 0.25) is 0 Å². The zero-order valence-electron chi connectivity index (χ0n) is 10.3. The summed E-state index contributed by atoms with van der Waals surface area (Å²) in [6.45, 7) is 0. The van der Waals surface area contributed by atoms with E-state index in [2.05, 4.69) is 15.3 Å². The molecule has 1 amide bonds. The van der Waals surface area contributed by atoms with Gasteiger partial charge in [-0.05, 0) is 37.1 Å². The average molecular weight is 260 g/mol. The molecule has 1 aromatic rings. The summed E-state index contributed by atoms with van der Waals surface area (Å²) < 4.78 is 0. The third-order valence-electron chi connectivity index (χ3n) is 2.57. The van der Waals surface area contributed by atoms with Crippen LogP contribution in [0.5, 0.6) is 0 Å². The standard InChI is InChI=1S/C12H16N6O/c13-11(14)18-12(15)17-9-5-3-8(4-6-9)16-10(19)7-1-2-7/h3-7H,1-2H2,(H,16,19)(H6,13,14,15,17,18). The first kappa shape index (κ1) is 12.9. The summed E-state index contributed by atoms with van der Waals surface area (Å²) >= 11 is 0. The predicted octanol–water partition coefficient (Wildman–Crippen LogP) is 0.255. The minimum atomic E-state index is -0.144. The Balaban J connectivity index is 2.01. The second-order valence-electron chi connectivity index (χ2n) is 4.32. The highest BCUT2D eigenvalue weighted by molar-refractivity contribution is 5.95. The molecule has 0 unspecified atom stereocenters. The Bertz CT molecular complexity index is 526. The second-order valence-corrected chi connectivity index (χ2v) is 4.32. The van der Waals surface area contributed by atoms with Crippen molar-refractivity contribution < 1.29 is 4.79 Å². The molecule has 0 atom stereocenters. The van der Waals surface area contributed by atoms with Crippen LogP contribution in [0.3, 0.4) is 0 Å². The van der Waals surface area contributed by atoms with E-state index in [9.17, 15) is 4.79 Å². The summed E-state index contributed by atoms with van der Waals surface area (Å²) in [5.41, 5.74) is 17.2. The first-order valence-electron chi connectivity index (χ1n) is 5.89. The van der Waals surface area contributed by atoms with E-state index in [0.717, 1.165) is 18.5 Å². The topological polar surface area (TPSA) is 132 Å². The molecule has 0 aromatic heterocycles. The summed E-state index contributed by atoms with van der Waals surface area (Å²) in [5, 5.41) is 2.83. The van der Waals surface area contributed by atoms with E-state index in [4.69, 9.17) is 17.2 Å². The highest BCUT2D eigenvalue weighted by Crippen LogP contribution is 2.30. The van der Waals surface area contributed by atoms with Crippen molar-refractivity contribution >= 4 is 29.2 Å². The van der Waals surface area contributed by atoms with Crippen LogP contribution in [0.15, 0.2) is 34.3 Å². The van der Waals surface area contributed by atoms with E-state index < -0.39 is 0 Å². The molecule has 0 radical (unpaired) electrons. The van der Waals surface area contributed by atoms with Crippen molar-refractivity contribution in [1.82, 2.24) is 0 Å². The fraction of sp³-hybridized carbons (Fsp3) is 0.250. The van der Waals surface area contributed by atoms with E-state index in [1.54, 1.807) is 24.3 Å². The fourth-order valence-corrected chi connectivity index (χ4v) is 1.50. The van der Waals surface area contributed by atoms with Crippen LogP contribution in [-0.2, 0) is 4.79 Å². The van der Waals surface area contributed by atoms with E-state index in [1.807, 2.05) is 0 Å². The number of carbonyl (C=O) groups is 1. The van der Waals surface area contributed by atoms with Gasteiger partial charge in [-0.3, -0.25) is 4.79 Å². The quantitative estimate of drug-likeness (QED) is 0.458. The number of carbonyl (C=O) groups excluding carboxylic acids is 1. The monoisotopic (exact) mass is 260 g/mol. The third kappa shape index (κ3) is 3.98. The lowest BCUT2D eigenvalue weighted by atomic mass is 10.2. The van der Waals surface area contributed by atoms with Gasteiger partial charge in [-0.2, -0.15) is 4.99 Å². The molecule has 100 valence electrons. The highest BCUT2D eigenvalue weighted by atomic mass is 16.2. The number of aliphatic imine (C=N–C) groups is 2. The van der Waals surface area contributed by atoms with Crippen molar-refractivity contribution in [3.63, 3.8) is 0 Å². The van der Waals surface area contributed by atoms with Crippen LogP contribution >= 0.6 is 0 Å². The third-order valence-corrected chi connectivity index (χ3v) is 2.57. The van der Waals surface area contributed by atoms with Gasteiger partial charge in [0.1, 0.15) is 0 Å². The summed E-state index contributed by atoms with van der Waals surface area (Å²) in [6.07, 6.45) is 1.95. The largest absolute Gasteiger partial charge is 0.370 e. The lowest BCUT2D eigenvalue weighted by Gasteiger charge is -2.04. The summed E-state index contributed by atoms with van der Waals surface area (Å²) in [7, 11) is 0. The maximum atomic E-state index is 11.6. The van der Waals surface area contributed by atoms with Gasteiger partial charge in [-0.15, -0.1) is 0 Å². The Morgan fingerprint density at radius 1 is 1.16 bits per heavy atom. The van der Waals surface area contributed by atoms with Crippen molar-refractivity contribution in [2.24, 2.45) is 33.1 Å². The lowest BCUT2D eigenvalue weighted by Crippen LogP contribution is -2.26. The van der Waals surface area contributed by atoms with E-state index in [-0.39, 0.29) is 23.7 Å². The Kier molecular flexibility index (Phi) is 3.65. The number of guanidine groups is 2. The number of nitrogens with zero attached hydrogens (tertiary/aromatic N) is 2. The Morgan fingerprint density at radius 2 is 1.79 bits per heavy atom. The van der Waals surface area contributed by atoms with E-state index in [1.165, 1.54) is 0 Å². The van der Waals surface area contributed by atoms with Crippen molar-refractivity contribution in [3.05, 3.63) is 24.3 Å². The molecule has 19 heavy (non-hydrogen) atoms. The molecule has 7 nitrogen and oxygen atoms in total. The maximum Gasteiger partial charge on any atom is 0.227 e. The Labute approximate surface area is 110 Å². The summed E-state index contributed by atoms with van der Waals surface area (Å²) in [6, 6.07) is 6.94. The number of hydrogen-bond acceptors (Lipinski definition) is 2. The maximum absolute atomic E-state index is 11.6. The molecular formula is C12H16N6O. The number of nitrogens with one attached hydrogen (secondary N) is 1. The smallest absolute Gasteiger partial charge is 0.227 e. The summed E-state index contributed by atoms with van der Waals surface area (Å²) in [4.78, 5) is 19.2. The zero-order chi connectivity index (χ0) is 13.8. The molecule has 0 aliphatic heterocycles. The van der Waals surface area contributed by atoms with Crippen molar-refractivity contribution in [3.8, 4) is 0 Å². The van der Waals surface area contributed by atoms with E-state index >= 15 is 0 Å². The van der Waals surface area contributed by atoms with E-state index in [0.29, 0.717) is 5.69 Å². The molecule has 1 fully saturated rings. The zero-order valence-corrected chi connectivity index (χ0v) is 10.3. The van der Waals surface area contributed by atoms with Gasteiger partial charge in [0.15, 0.2) is 5.96 Å². The van der Waals surface area contributed by atoms with Crippen LogP contribution in [0.25, 0.3) is 0 Å². The number of anilines is 1. The number of hydrogen-bond donors (Lipinski definition) is 4.